The summed E-state index contributed by atoms with van der Waals surface area (Å²) in [6.07, 6.45) is 6.95. The van der Waals surface area contributed by atoms with Crippen LogP contribution >= 0.6 is 11.8 Å². The van der Waals surface area contributed by atoms with Gasteiger partial charge in [-0.15, -0.1) is 0 Å². The lowest BCUT2D eigenvalue weighted by molar-refractivity contribution is 0.0832. The standard InChI is InChI=1S/C16H31NS/c1-15(2)9-14(10-16(3,4)12-15)17-11-13-5-7-18-8-6-13/h13-14,17H,5-12H2,1-4H3. The van der Waals surface area contributed by atoms with Crippen LogP contribution in [0.15, 0.2) is 0 Å². The highest BCUT2D eigenvalue weighted by molar-refractivity contribution is 7.99. The Labute approximate surface area is 118 Å². The molecule has 0 unspecified atom stereocenters. The molecule has 0 amide bonds. The Bertz CT molecular complexity index is 250. The van der Waals surface area contributed by atoms with Crippen LogP contribution in [0.25, 0.3) is 0 Å². The van der Waals surface area contributed by atoms with E-state index in [-0.39, 0.29) is 0 Å². The van der Waals surface area contributed by atoms with Crippen LogP contribution in [-0.2, 0) is 0 Å². The zero-order valence-corrected chi connectivity index (χ0v) is 13.5. The Kier molecular flexibility index (Phi) is 4.70. The second-order valence-corrected chi connectivity index (χ2v) is 9.30. The van der Waals surface area contributed by atoms with Crippen molar-refractivity contribution in [3.8, 4) is 0 Å². The molecule has 0 aromatic carbocycles. The average molecular weight is 269 g/mol. The summed E-state index contributed by atoms with van der Waals surface area (Å²) in [5, 5.41) is 3.89. The first kappa shape index (κ1) is 14.7. The van der Waals surface area contributed by atoms with Crippen LogP contribution in [0.1, 0.15) is 59.8 Å². The maximum atomic E-state index is 3.89. The van der Waals surface area contributed by atoms with Gasteiger partial charge >= 0.3 is 0 Å². The van der Waals surface area contributed by atoms with Crippen molar-refractivity contribution in [3.05, 3.63) is 0 Å². The topological polar surface area (TPSA) is 12.0 Å². The number of thioether (sulfide) groups is 1. The summed E-state index contributed by atoms with van der Waals surface area (Å²) in [5.74, 6) is 3.71. The first-order valence-corrected chi connectivity index (χ1v) is 8.83. The lowest BCUT2D eigenvalue weighted by Gasteiger charge is -2.45. The first-order valence-electron chi connectivity index (χ1n) is 7.68. The van der Waals surface area contributed by atoms with Crippen LogP contribution in [0, 0.1) is 16.7 Å². The molecule has 0 aromatic heterocycles. The molecular formula is C16H31NS. The molecule has 2 fully saturated rings. The second kappa shape index (κ2) is 5.75. The highest BCUT2D eigenvalue weighted by atomic mass is 32.2. The molecule has 0 radical (unpaired) electrons. The van der Waals surface area contributed by atoms with E-state index >= 15 is 0 Å². The van der Waals surface area contributed by atoms with Gasteiger partial charge in [0.1, 0.15) is 0 Å². The predicted molar refractivity (Wildman–Crippen MR) is 83.3 cm³/mol. The first-order chi connectivity index (χ1) is 8.36. The molecule has 2 aliphatic rings. The van der Waals surface area contributed by atoms with Crippen LogP contribution in [0.3, 0.4) is 0 Å². The summed E-state index contributed by atoms with van der Waals surface area (Å²) in [6.45, 7) is 11.0. The van der Waals surface area contributed by atoms with Gasteiger partial charge < -0.3 is 5.32 Å². The largest absolute Gasteiger partial charge is 0.314 e. The van der Waals surface area contributed by atoms with Gasteiger partial charge in [0.2, 0.25) is 0 Å². The monoisotopic (exact) mass is 269 g/mol. The number of hydrogen-bond acceptors (Lipinski definition) is 2. The van der Waals surface area contributed by atoms with Crippen molar-refractivity contribution in [1.29, 1.82) is 0 Å². The molecule has 0 aromatic rings. The van der Waals surface area contributed by atoms with E-state index in [1.54, 1.807) is 0 Å². The fourth-order valence-electron chi connectivity index (χ4n) is 4.27. The third-order valence-electron chi connectivity index (χ3n) is 4.59. The summed E-state index contributed by atoms with van der Waals surface area (Å²) in [7, 11) is 0. The molecule has 1 aliphatic carbocycles. The Morgan fingerprint density at radius 1 is 1.00 bits per heavy atom. The van der Waals surface area contributed by atoms with Crippen molar-refractivity contribution in [3.63, 3.8) is 0 Å². The molecule has 0 bridgehead atoms. The Morgan fingerprint density at radius 2 is 1.56 bits per heavy atom. The summed E-state index contributed by atoms with van der Waals surface area (Å²) in [5.41, 5.74) is 1.03. The van der Waals surface area contributed by atoms with Crippen molar-refractivity contribution in [2.45, 2.75) is 65.8 Å². The minimum Gasteiger partial charge on any atom is -0.314 e. The lowest BCUT2D eigenvalue weighted by atomic mass is 9.63. The van der Waals surface area contributed by atoms with E-state index in [4.69, 9.17) is 0 Å². The third kappa shape index (κ3) is 4.45. The fraction of sp³-hybridized carbons (Fsp3) is 1.00. The van der Waals surface area contributed by atoms with E-state index in [2.05, 4.69) is 44.8 Å². The van der Waals surface area contributed by atoms with E-state index in [9.17, 15) is 0 Å². The molecule has 1 heterocycles. The lowest BCUT2D eigenvalue weighted by Crippen LogP contribution is -2.45. The molecule has 1 aliphatic heterocycles. The van der Waals surface area contributed by atoms with Gasteiger partial charge in [-0.05, 0) is 66.9 Å². The van der Waals surface area contributed by atoms with E-state index in [1.165, 1.54) is 50.2 Å². The van der Waals surface area contributed by atoms with Crippen LogP contribution in [-0.4, -0.2) is 24.1 Å². The molecule has 1 saturated heterocycles. The zero-order valence-electron chi connectivity index (χ0n) is 12.7. The van der Waals surface area contributed by atoms with Gasteiger partial charge in [-0.2, -0.15) is 11.8 Å². The van der Waals surface area contributed by atoms with Crippen molar-refractivity contribution < 1.29 is 0 Å². The van der Waals surface area contributed by atoms with Gasteiger partial charge in [-0.3, -0.25) is 0 Å². The van der Waals surface area contributed by atoms with Gasteiger partial charge in [-0.25, -0.2) is 0 Å². The number of hydrogen-bond donors (Lipinski definition) is 1. The maximum Gasteiger partial charge on any atom is 0.00773 e. The van der Waals surface area contributed by atoms with Gasteiger partial charge in [0.15, 0.2) is 0 Å². The summed E-state index contributed by atoms with van der Waals surface area (Å²) in [6, 6.07) is 0.748. The molecule has 106 valence electrons. The molecule has 1 saturated carbocycles. The molecule has 1 nitrogen and oxygen atoms in total. The molecule has 0 atom stereocenters. The number of rotatable bonds is 3. The minimum atomic E-state index is 0.516. The third-order valence-corrected chi connectivity index (χ3v) is 5.64. The van der Waals surface area contributed by atoms with Crippen LogP contribution in [0.5, 0.6) is 0 Å². The molecule has 0 spiro atoms. The molecular weight excluding hydrogens is 238 g/mol. The van der Waals surface area contributed by atoms with E-state index < -0.39 is 0 Å². The SMILES string of the molecule is CC1(C)CC(NCC2CCSCC2)CC(C)(C)C1. The zero-order chi connectivity index (χ0) is 13.2. The molecule has 2 heteroatoms. The van der Waals surface area contributed by atoms with Crippen LogP contribution < -0.4 is 5.32 Å². The summed E-state index contributed by atoms with van der Waals surface area (Å²) in [4.78, 5) is 0. The predicted octanol–water partition coefficient (Wildman–Crippen LogP) is 4.32. The minimum absolute atomic E-state index is 0.516. The highest BCUT2D eigenvalue weighted by Gasteiger charge is 2.38. The van der Waals surface area contributed by atoms with Crippen molar-refractivity contribution in [1.82, 2.24) is 5.32 Å². The van der Waals surface area contributed by atoms with Crippen molar-refractivity contribution in [2.24, 2.45) is 16.7 Å². The Morgan fingerprint density at radius 3 is 2.11 bits per heavy atom. The van der Waals surface area contributed by atoms with E-state index in [0.717, 1.165) is 12.0 Å². The van der Waals surface area contributed by atoms with Crippen LogP contribution in [0.4, 0.5) is 0 Å². The Balaban J connectivity index is 1.81. The average Bonchev–Trinajstić information content (AvgIpc) is 2.24. The van der Waals surface area contributed by atoms with Crippen molar-refractivity contribution in [2.75, 3.05) is 18.1 Å². The van der Waals surface area contributed by atoms with Gasteiger partial charge in [0.25, 0.3) is 0 Å². The summed E-state index contributed by atoms with van der Waals surface area (Å²) < 4.78 is 0. The fourth-order valence-corrected chi connectivity index (χ4v) is 5.48. The number of nitrogens with one attached hydrogen (secondary N) is 1. The van der Waals surface area contributed by atoms with E-state index in [1.807, 2.05) is 0 Å². The second-order valence-electron chi connectivity index (χ2n) is 8.07. The molecule has 18 heavy (non-hydrogen) atoms. The highest BCUT2D eigenvalue weighted by Crippen LogP contribution is 2.45. The normalized spacial score (nSPS) is 29.3. The maximum absolute atomic E-state index is 3.89. The van der Waals surface area contributed by atoms with Gasteiger partial charge in [0, 0.05) is 6.04 Å². The summed E-state index contributed by atoms with van der Waals surface area (Å²) >= 11 is 2.13. The van der Waals surface area contributed by atoms with Crippen molar-refractivity contribution >= 4 is 11.8 Å². The smallest absolute Gasteiger partial charge is 0.00773 e. The van der Waals surface area contributed by atoms with Crippen LogP contribution in [0.2, 0.25) is 0 Å². The Hall–Kier alpha value is 0.310. The quantitative estimate of drug-likeness (QED) is 0.818. The van der Waals surface area contributed by atoms with Gasteiger partial charge in [-0.1, -0.05) is 27.7 Å². The molecule has 1 N–H and O–H groups in total. The van der Waals surface area contributed by atoms with E-state index in [0.29, 0.717) is 10.8 Å². The molecule has 2 rings (SSSR count). The van der Waals surface area contributed by atoms with Gasteiger partial charge in [0.05, 0.1) is 0 Å².